The highest BCUT2D eigenvalue weighted by Crippen LogP contribution is 2.39. The molecule has 3 N–H and O–H groups in total. The number of halogens is 2. The van der Waals surface area contributed by atoms with Gasteiger partial charge in [-0.1, -0.05) is 44.2 Å². The molecule has 39 heavy (non-hydrogen) atoms. The maximum Gasteiger partial charge on any atom is 0.322 e. The van der Waals surface area contributed by atoms with Gasteiger partial charge in [0.2, 0.25) is 0 Å². The SMILES string of the molecule is O=C(O)CCNC(=O)c1ccc(CN(C(=O)Nc2cc(F)cc(F)c2)C2CCC(C3CCCCC3)CC2)cc1. The summed E-state index contributed by atoms with van der Waals surface area (Å²) in [7, 11) is 0. The summed E-state index contributed by atoms with van der Waals surface area (Å²) in [5.74, 6) is -1.43. The molecular formula is C30H37F2N3O4. The summed E-state index contributed by atoms with van der Waals surface area (Å²) in [6.45, 7) is 0.317. The second-order valence-corrected chi connectivity index (χ2v) is 10.8. The van der Waals surface area contributed by atoms with Crippen molar-refractivity contribution in [1.29, 1.82) is 0 Å². The van der Waals surface area contributed by atoms with Crippen molar-refractivity contribution < 1.29 is 28.3 Å². The van der Waals surface area contributed by atoms with Crippen molar-refractivity contribution in [1.82, 2.24) is 10.2 Å². The number of carboxylic acids is 1. The molecule has 3 amide bonds. The molecule has 0 bridgehead atoms. The predicted octanol–water partition coefficient (Wildman–Crippen LogP) is 6.34. The maximum atomic E-state index is 13.8. The van der Waals surface area contributed by atoms with Gasteiger partial charge < -0.3 is 20.6 Å². The zero-order chi connectivity index (χ0) is 27.8. The van der Waals surface area contributed by atoms with Gasteiger partial charge in [0.25, 0.3) is 5.91 Å². The van der Waals surface area contributed by atoms with E-state index in [1.54, 1.807) is 29.2 Å². The molecule has 0 radical (unpaired) electrons. The number of hydrogen-bond acceptors (Lipinski definition) is 3. The molecule has 0 spiro atoms. The lowest BCUT2D eigenvalue weighted by Crippen LogP contribution is -2.44. The first-order chi connectivity index (χ1) is 18.8. The molecule has 2 saturated carbocycles. The lowest BCUT2D eigenvalue weighted by molar-refractivity contribution is -0.136. The number of aliphatic carboxylic acids is 1. The molecule has 210 valence electrons. The summed E-state index contributed by atoms with van der Waals surface area (Å²) in [6.07, 6.45) is 10.2. The van der Waals surface area contributed by atoms with Crippen LogP contribution >= 0.6 is 0 Å². The van der Waals surface area contributed by atoms with E-state index in [9.17, 15) is 23.2 Å². The first kappa shape index (κ1) is 28.5. The zero-order valence-corrected chi connectivity index (χ0v) is 22.1. The van der Waals surface area contributed by atoms with Gasteiger partial charge in [-0.15, -0.1) is 0 Å². The molecular weight excluding hydrogens is 504 g/mol. The second kappa shape index (κ2) is 13.5. The summed E-state index contributed by atoms with van der Waals surface area (Å²) in [5.41, 5.74) is 1.27. The van der Waals surface area contributed by atoms with E-state index in [4.69, 9.17) is 5.11 Å². The maximum absolute atomic E-state index is 13.8. The van der Waals surface area contributed by atoms with Crippen LogP contribution in [0.1, 0.15) is 80.1 Å². The first-order valence-electron chi connectivity index (χ1n) is 13.9. The van der Waals surface area contributed by atoms with Gasteiger partial charge in [-0.25, -0.2) is 13.6 Å². The molecule has 2 aromatic rings. The smallest absolute Gasteiger partial charge is 0.322 e. The van der Waals surface area contributed by atoms with E-state index in [0.717, 1.165) is 55.4 Å². The van der Waals surface area contributed by atoms with E-state index in [2.05, 4.69) is 10.6 Å². The minimum atomic E-state index is -0.988. The fourth-order valence-corrected chi connectivity index (χ4v) is 6.02. The number of rotatable bonds is 9. The zero-order valence-electron chi connectivity index (χ0n) is 22.1. The number of urea groups is 1. The normalized spacial score (nSPS) is 19.7. The highest BCUT2D eigenvalue weighted by molar-refractivity contribution is 5.94. The third kappa shape index (κ3) is 8.25. The standard InChI is InChI=1S/C30H37F2N3O4/c31-24-16-25(32)18-26(17-24)34-30(39)35(27-12-10-22(11-13-27)21-4-2-1-3-5-21)19-20-6-8-23(9-7-20)29(38)33-15-14-28(36)37/h6-9,16-18,21-22,27H,1-5,10-15,19H2,(H,33,38)(H,34,39)(H,36,37). The fraction of sp³-hybridized carbons (Fsp3) is 0.500. The summed E-state index contributed by atoms with van der Waals surface area (Å²) in [6, 6.07) is 9.34. The van der Waals surface area contributed by atoms with E-state index < -0.39 is 23.6 Å². The number of anilines is 1. The van der Waals surface area contributed by atoms with Crippen LogP contribution in [0.25, 0.3) is 0 Å². The number of carbonyl (C=O) groups is 3. The Morgan fingerprint density at radius 3 is 2.08 bits per heavy atom. The Labute approximate surface area is 228 Å². The Kier molecular flexibility index (Phi) is 9.90. The summed E-state index contributed by atoms with van der Waals surface area (Å²) >= 11 is 0. The number of carbonyl (C=O) groups excluding carboxylic acids is 2. The molecule has 2 fully saturated rings. The van der Waals surface area contributed by atoms with Gasteiger partial charge >= 0.3 is 12.0 Å². The van der Waals surface area contributed by atoms with E-state index >= 15 is 0 Å². The molecule has 7 nitrogen and oxygen atoms in total. The molecule has 9 heteroatoms. The number of benzene rings is 2. The fourth-order valence-electron chi connectivity index (χ4n) is 6.02. The minimum absolute atomic E-state index is 0.0118. The van der Waals surface area contributed by atoms with Crippen molar-refractivity contribution in [3.63, 3.8) is 0 Å². The van der Waals surface area contributed by atoms with Crippen molar-refractivity contribution >= 4 is 23.6 Å². The van der Waals surface area contributed by atoms with Crippen LogP contribution in [0.5, 0.6) is 0 Å². The topological polar surface area (TPSA) is 98.7 Å². The van der Waals surface area contributed by atoms with Crippen LogP contribution in [-0.4, -0.2) is 40.5 Å². The van der Waals surface area contributed by atoms with Crippen LogP contribution in [0.3, 0.4) is 0 Å². The lowest BCUT2D eigenvalue weighted by atomic mass is 9.72. The third-order valence-corrected chi connectivity index (χ3v) is 8.07. The van der Waals surface area contributed by atoms with Crippen LogP contribution in [0, 0.1) is 23.5 Å². The minimum Gasteiger partial charge on any atom is -0.481 e. The highest BCUT2D eigenvalue weighted by atomic mass is 19.1. The van der Waals surface area contributed by atoms with Gasteiger partial charge in [-0.3, -0.25) is 9.59 Å². The number of carboxylic acid groups (broad SMARTS) is 1. The molecule has 0 aromatic heterocycles. The molecule has 0 saturated heterocycles. The Morgan fingerprint density at radius 1 is 0.846 bits per heavy atom. The Balaban J connectivity index is 1.44. The molecule has 2 aliphatic rings. The Hall–Kier alpha value is -3.49. The van der Waals surface area contributed by atoms with Crippen LogP contribution in [0.2, 0.25) is 0 Å². The van der Waals surface area contributed by atoms with Crippen LogP contribution in [0.15, 0.2) is 42.5 Å². The van der Waals surface area contributed by atoms with Crippen LogP contribution in [-0.2, 0) is 11.3 Å². The average Bonchev–Trinajstić information content (AvgIpc) is 2.92. The summed E-state index contributed by atoms with van der Waals surface area (Å²) in [5, 5.41) is 14.0. The molecule has 2 aliphatic carbocycles. The number of hydrogen-bond donors (Lipinski definition) is 3. The highest BCUT2D eigenvalue weighted by Gasteiger charge is 2.33. The van der Waals surface area contributed by atoms with Gasteiger partial charge in [0, 0.05) is 36.4 Å². The number of nitrogens with one attached hydrogen (secondary N) is 2. The summed E-state index contributed by atoms with van der Waals surface area (Å²) in [4.78, 5) is 38.1. The number of amides is 3. The second-order valence-electron chi connectivity index (χ2n) is 10.8. The van der Waals surface area contributed by atoms with Gasteiger partial charge in [-0.05, 0) is 67.3 Å². The molecule has 0 atom stereocenters. The van der Waals surface area contributed by atoms with Gasteiger partial charge in [0.1, 0.15) is 11.6 Å². The molecule has 0 aliphatic heterocycles. The summed E-state index contributed by atoms with van der Waals surface area (Å²) < 4.78 is 27.5. The Morgan fingerprint density at radius 2 is 1.46 bits per heavy atom. The first-order valence-corrected chi connectivity index (χ1v) is 13.9. The van der Waals surface area contributed by atoms with Gasteiger partial charge in [0.15, 0.2) is 0 Å². The molecule has 0 heterocycles. The van der Waals surface area contributed by atoms with E-state index in [-0.39, 0.29) is 37.1 Å². The van der Waals surface area contributed by atoms with Crippen molar-refractivity contribution in [2.75, 3.05) is 11.9 Å². The van der Waals surface area contributed by atoms with E-state index in [1.165, 1.54) is 32.1 Å². The van der Waals surface area contributed by atoms with Crippen molar-refractivity contribution in [2.45, 2.75) is 76.8 Å². The van der Waals surface area contributed by atoms with Gasteiger partial charge in [-0.2, -0.15) is 0 Å². The van der Waals surface area contributed by atoms with Crippen LogP contribution < -0.4 is 10.6 Å². The van der Waals surface area contributed by atoms with Crippen molar-refractivity contribution in [2.24, 2.45) is 11.8 Å². The van der Waals surface area contributed by atoms with Gasteiger partial charge in [0.05, 0.1) is 6.42 Å². The quantitative estimate of drug-likeness (QED) is 0.345. The monoisotopic (exact) mass is 541 g/mol. The Bertz CT molecular complexity index is 1120. The van der Waals surface area contributed by atoms with E-state index in [1.807, 2.05) is 0 Å². The average molecular weight is 542 g/mol. The lowest BCUT2D eigenvalue weighted by Gasteiger charge is -2.40. The van der Waals surface area contributed by atoms with Crippen molar-refractivity contribution in [3.05, 3.63) is 65.2 Å². The predicted molar refractivity (Wildman–Crippen MR) is 144 cm³/mol. The van der Waals surface area contributed by atoms with E-state index in [0.29, 0.717) is 11.5 Å². The third-order valence-electron chi connectivity index (χ3n) is 8.07. The molecule has 0 unspecified atom stereocenters. The largest absolute Gasteiger partial charge is 0.481 e. The number of nitrogens with zero attached hydrogens (tertiary/aromatic N) is 1. The van der Waals surface area contributed by atoms with Crippen LogP contribution in [0.4, 0.5) is 19.3 Å². The van der Waals surface area contributed by atoms with Crippen molar-refractivity contribution in [3.8, 4) is 0 Å². The molecule has 4 rings (SSSR count). The molecule has 2 aromatic carbocycles.